The first kappa shape index (κ1) is 18.2. The molecule has 0 fully saturated rings. The molecule has 19 heavy (non-hydrogen) atoms. The van der Waals surface area contributed by atoms with Crippen molar-refractivity contribution in [2.75, 3.05) is 6.54 Å². The minimum absolute atomic E-state index is 0. The molecule has 0 radical (unpaired) electrons. The number of nitrogens with zero attached hydrogens (tertiary/aromatic N) is 3. The number of hydrogen-bond donors (Lipinski definition) is 2. The summed E-state index contributed by atoms with van der Waals surface area (Å²) < 4.78 is 2.37. The molecule has 10 heteroatoms. The second-order valence-electron chi connectivity index (χ2n) is 3.38. The number of carbonyl (C=O) groups is 1. The minimum Gasteiger partial charge on any atom is -0.549 e. The van der Waals surface area contributed by atoms with Crippen LogP contribution in [0.2, 0.25) is 0 Å². The normalized spacial score (nSPS) is 9.42. The number of fused-ring (bicyclic) bond motifs is 1. The first-order chi connectivity index (χ1) is 8.40. The molecule has 2 heterocycles. The number of imidazole rings is 1. The molecule has 98 valence electrons. The fraction of sp³-hybridized carbons (Fsp3) is 0.333. The Hall–Kier alpha value is -0.784. The minimum atomic E-state index is -1.22. The van der Waals surface area contributed by atoms with Crippen LogP contribution in [-0.2, 0) is 18.9 Å². The van der Waals surface area contributed by atoms with Gasteiger partial charge in [0.15, 0.2) is 5.65 Å². The summed E-state index contributed by atoms with van der Waals surface area (Å²) in [7, 11) is 3.01. The van der Waals surface area contributed by atoms with Crippen molar-refractivity contribution < 1.29 is 61.3 Å². The van der Waals surface area contributed by atoms with Gasteiger partial charge in [-0.1, -0.05) is 0 Å². The van der Waals surface area contributed by atoms with E-state index in [1.165, 1.54) is 17.9 Å². The van der Waals surface area contributed by atoms with Crippen molar-refractivity contribution in [2.45, 2.75) is 0 Å². The Morgan fingerprint density at radius 2 is 1.95 bits per heavy atom. The molecule has 0 bridgehead atoms. The number of carboxylic acid groups (broad SMARTS) is 1. The summed E-state index contributed by atoms with van der Waals surface area (Å²) in [4.78, 5) is 38.5. The van der Waals surface area contributed by atoms with E-state index in [2.05, 4.69) is 15.7 Å². The molecule has 9 nitrogen and oxygen atoms in total. The van der Waals surface area contributed by atoms with Gasteiger partial charge < -0.3 is 20.6 Å². The summed E-state index contributed by atoms with van der Waals surface area (Å²) in [6, 6.07) is 0. The number of hydrogen-bond acceptors (Lipinski definition) is 6. The van der Waals surface area contributed by atoms with Gasteiger partial charge >= 0.3 is 57.1 Å². The summed E-state index contributed by atoms with van der Waals surface area (Å²) in [5.41, 5.74) is 4.52. The Kier molecular flexibility index (Phi) is 7.40. The monoisotopic (exact) mass is 293 g/mol. The molecule has 0 aliphatic rings. The SMILES string of the molecule is Cn1c(=O)c2[nH]cnc2n(C)c1=O.NCC(=O)[O-].[K+]. The predicted molar refractivity (Wildman–Crippen MR) is 60.6 cm³/mol. The number of nitrogens with two attached hydrogens (primary N) is 1. The zero-order chi connectivity index (χ0) is 13.9. The zero-order valence-corrected chi connectivity index (χ0v) is 14.0. The molecule has 2 rings (SSSR count). The maximum atomic E-state index is 11.4. The fourth-order valence-corrected chi connectivity index (χ4v) is 1.27. The Labute approximate surface area is 149 Å². The second-order valence-corrected chi connectivity index (χ2v) is 3.38. The zero-order valence-electron chi connectivity index (χ0n) is 10.8. The Morgan fingerprint density at radius 1 is 1.42 bits per heavy atom. The van der Waals surface area contributed by atoms with Gasteiger partial charge in [0.1, 0.15) is 5.52 Å². The summed E-state index contributed by atoms with van der Waals surface area (Å²) in [6.07, 6.45) is 1.39. The van der Waals surface area contributed by atoms with E-state index in [9.17, 15) is 9.59 Å². The van der Waals surface area contributed by atoms with Gasteiger partial charge in [-0.05, 0) is 0 Å². The van der Waals surface area contributed by atoms with E-state index in [1.807, 2.05) is 0 Å². The molecule has 0 atom stereocenters. The maximum Gasteiger partial charge on any atom is 1.00 e. The molecule has 2 aromatic heterocycles. The summed E-state index contributed by atoms with van der Waals surface area (Å²) in [5.74, 6) is -1.22. The van der Waals surface area contributed by atoms with Crippen LogP contribution in [0.1, 0.15) is 0 Å². The number of rotatable bonds is 1. The van der Waals surface area contributed by atoms with Crippen molar-refractivity contribution in [3.8, 4) is 0 Å². The number of carboxylic acids is 1. The number of aromatic amines is 1. The number of aromatic nitrogens is 4. The van der Waals surface area contributed by atoms with Gasteiger partial charge in [-0.25, -0.2) is 9.78 Å². The van der Waals surface area contributed by atoms with Crippen molar-refractivity contribution in [3.63, 3.8) is 0 Å². The van der Waals surface area contributed by atoms with Crippen molar-refractivity contribution >= 4 is 17.1 Å². The van der Waals surface area contributed by atoms with Gasteiger partial charge in [0.05, 0.1) is 12.3 Å². The molecule has 0 saturated carbocycles. The maximum absolute atomic E-state index is 11.4. The third-order valence-electron chi connectivity index (χ3n) is 2.20. The van der Waals surface area contributed by atoms with Crippen LogP contribution in [0.4, 0.5) is 0 Å². The average Bonchev–Trinajstić information content (AvgIpc) is 2.83. The molecule has 0 amide bonds. The smallest absolute Gasteiger partial charge is 0.549 e. The summed E-state index contributed by atoms with van der Waals surface area (Å²) in [5, 5.41) is 9.13. The number of aliphatic carboxylic acids is 1. The number of nitrogens with one attached hydrogen (secondary N) is 1. The van der Waals surface area contributed by atoms with Crippen LogP contribution >= 0.6 is 0 Å². The standard InChI is InChI=1S/C7H8N4O2.C2H5NO2.K/c1-10-5-4(8-3-9-5)6(12)11(2)7(10)13;3-1-2(4)5;/h3H,1-2H3,(H,8,9);1,3H2,(H,4,5);/q;;+1/p-1. The van der Waals surface area contributed by atoms with Crippen molar-refractivity contribution in [1.82, 2.24) is 19.1 Å². The molecule has 0 aromatic carbocycles. The summed E-state index contributed by atoms with van der Waals surface area (Å²) in [6.45, 7) is -0.389. The molecule has 0 unspecified atom stereocenters. The van der Waals surface area contributed by atoms with Crippen LogP contribution in [0.25, 0.3) is 11.2 Å². The summed E-state index contributed by atoms with van der Waals surface area (Å²) >= 11 is 0. The van der Waals surface area contributed by atoms with Crippen LogP contribution in [0, 0.1) is 0 Å². The number of aryl methyl sites for hydroxylation is 1. The Bertz CT molecular complexity index is 686. The van der Waals surface area contributed by atoms with Crippen molar-refractivity contribution in [2.24, 2.45) is 19.8 Å². The van der Waals surface area contributed by atoms with Gasteiger partial charge in [0.2, 0.25) is 0 Å². The van der Waals surface area contributed by atoms with Crippen molar-refractivity contribution in [3.05, 3.63) is 27.2 Å². The molecule has 2 aromatic rings. The van der Waals surface area contributed by atoms with Crippen LogP contribution in [0.15, 0.2) is 15.9 Å². The molecule has 0 aliphatic carbocycles. The van der Waals surface area contributed by atoms with Crippen LogP contribution in [-0.4, -0.2) is 31.6 Å². The van der Waals surface area contributed by atoms with E-state index >= 15 is 0 Å². The van der Waals surface area contributed by atoms with Crippen LogP contribution in [0.5, 0.6) is 0 Å². The van der Waals surface area contributed by atoms with Gasteiger partial charge in [0.25, 0.3) is 5.56 Å². The second kappa shape index (κ2) is 7.72. The third kappa shape index (κ3) is 4.09. The van der Waals surface area contributed by atoms with E-state index < -0.39 is 5.97 Å². The fourth-order valence-electron chi connectivity index (χ4n) is 1.27. The Morgan fingerprint density at radius 3 is 2.42 bits per heavy atom. The van der Waals surface area contributed by atoms with E-state index in [4.69, 9.17) is 9.90 Å². The molecule has 0 saturated heterocycles. The van der Waals surface area contributed by atoms with E-state index in [1.54, 1.807) is 7.05 Å². The molecule has 0 spiro atoms. The molecule has 3 N–H and O–H groups in total. The third-order valence-corrected chi connectivity index (χ3v) is 2.20. The predicted octanol–water partition coefficient (Wildman–Crippen LogP) is -6.34. The number of H-pyrrole nitrogens is 1. The first-order valence-corrected chi connectivity index (χ1v) is 4.89. The van der Waals surface area contributed by atoms with Crippen molar-refractivity contribution in [1.29, 1.82) is 0 Å². The number of carbonyl (C=O) groups excluding carboxylic acids is 1. The largest absolute Gasteiger partial charge is 1.00 e. The van der Waals surface area contributed by atoms with Gasteiger partial charge in [-0.15, -0.1) is 0 Å². The molecule has 0 aliphatic heterocycles. The van der Waals surface area contributed by atoms with E-state index in [0.29, 0.717) is 11.2 Å². The van der Waals surface area contributed by atoms with E-state index in [0.717, 1.165) is 4.57 Å². The topological polar surface area (TPSA) is 139 Å². The van der Waals surface area contributed by atoms with E-state index in [-0.39, 0.29) is 69.2 Å². The first-order valence-electron chi connectivity index (χ1n) is 4.89. The van der Waals surface area contributed by atoms with Gasteiger partial charge in [-0.2, -0.15) is 0 Å². The molecular formula is C9H12KN5O4. The Balaban J connectivity index is 0.000000471. The molecular weight excluding hydrogens is 281 g/mol. The quantitative estimate of drug-likeness (QED) is 0.501. The average molecular weight is 293 g/mol. The van der Waals surface area contributed by atoms with Gasteiger partial charge in [0, 0.05) is 20.6 Å². The van der Waals surface area contributed by atoms with Crippen LogP contribution < -0.4 is 73.5 Å². The van der Waals surface area contributed by atoms with Crippen LogP contribution in [0.3, 0.4) is 0 Å². The van der Waals surface area contributed by atoms with Gasteiger partial charge in [-0.3, -0.25) is 13.9 Å².